The van der Waals surface area contributed by atoms with E-state index in [9.17, 15) is 13.2 Å². The van der Waals surface area contributed by atoms with Crippen LogP contribution in [0.5, 0.6) is 0 Å². The minimum Gasteiger partial charge on any atom is -0.206 e. The summed E-state index contributed by atoms with van der Waals surface area (Å²) in [5.41, 5.74) is 0.226. The molecule has 2 rings (SSSR count). The molecule has 0 fully saturated rings. The summed E-state index contributed by atoms with van der Waals surface area (Å²) in [6, 6.07) is 2.71. The second-order valence-electron chi connectivity index (χ2n) is 3.05. The smallest absolute Gasteiger partial charge is 0.206 e. The zero-order valence-electron chi connectivity index (χ0n) is 7.35. The molecule has 4 heteroatoms. The molecule has 0 saturated carbocycles. The number of fused-ring (bicyclic) bond motifs is 1. The number of hydrogen-bond donors (Lipinski definition) is 0. The molecule has 0 N–H and O–H groups in total. The van der Waals surface area contributed by atoms with Crippen molar-refractivity contribution >= 4 is 21.4 Å². The first kappa shape index (κ1) is 9.52. The molecule has 0 aliphatic rings. The number of alkyl halides is 2. The van der Waals surface area contributed by atoms with E-state index in [-0.39, 0.29) is 0 Å². The Morgan fingerprint density at radius 2 is 2.07 bits per heavy atom. The maximum absolute atomic E-state index is 13.2. The van der Waals surface area contributed by atoms with Gasteiger partial charge in [0.15, 0.2) is 0 Å². The molecule has 2 aromatic rings. The molecule has 0 saturated heterocycles. The second-order valence-corrected chi connectivity index (χ2v) is 3.97. The lowest BCUT2D eigenvalue weighted by Gasteiger charge is -2.05. The molecule has 0 bridgehead atoms. The molecule has 0 aliphatic heterocycles. The largest absolute Gasteiger partial charge is 0.267 e. The van der Waals surface area contributed by atoms with E-state index in [1.165, 1.54) is 23.5 Å². The summed E-state index contributed by atoms with van der Waals surface area (Å²) < 4.78 is 39.0. The van der Waals surface area contributed by atoms with E-state index in [0.717, 1.165) is 4.70 Å². The van der Waals surface area contributed by atoms with E-state index in [2.05, 4.69) is 0 Å². The number of aryl methyl sites for hydroxylation is 1. The molecule has 0 atom stereocenters. The van der Waals surface area contributed by atoms with Crippen LogP contribution in [0.1, 0.15) is 17.6 Å². The van der Waals surface area contributed by atoms with E-state index in [1.807, 2.05) is 0 Å². The van der Waals surface area contributed by atoms with Crippen LogP contribution in [-0.4, -0.2) is 0 Å². The topological polar surface area (TPSA) is 0 Å². The first-order valence-corrected chi connectivity index (χ1v) is 4.93. The Morgan fingerprint density at radius 1 is 1.36 bits per heavy atom. The first-order valence-electron chi connectivity index (χ1n) is 4.05. The van der Waals surface area contributed by atoms with Crippen molar-refractivity contribution in [2.45, 2.75) is 13.3 Å². The lowest BCUT2D eigenvalue weighted by molar-refractivity contribution is 0.148. The van der Waals surface area contributed by atoms with Gasteiger partial charge in [-0.15, -0.1) is 11.3 Å². The Kier molecular flexibility index (Phi) is 2.23. The normalized spacial score (nSPS) is 11.5. The molecule has 0 spiro atoms. The van der Waals surface area contributed by atoms with E-state index in [1.54, 1.807) is 12.3 Å². The predicted molar refractivity (Wildman–Crippen MR) is 51.5 cm³/mol. The molecular formula is C10H7F3S. The zero-order chi connectivity index (χ0) is 10.3. The maximum Gasteiger partial charge on any atom is 0.267 e. The van der Waals surface area contributed by atoms with Crippen molar-refractivity contribution in [3.05, 3.63) is 34.5 Å². The minimum absolute atomic E-state index is 0.336. The molecule has 0 unspecified atom stereocenters. The Balaban J connectivity index is 2.86. The van der Waals surface area contributed by atoms with Crippen LogP contribution in [0.25, 0.3) is 10.1 Å². The van der Waals surface area contributed by atoms with Gasteiger partial charge in [-0.1, -0.05) is 0 Å². The summed E-state index contributed by atoms with van der Waals surface area (Å²) in [5.74, 6) is -0.816. The van der Waals surface area contributed by atoms with Gasteiger partial charge in [0.25, 0.3) is 6.43 Å². The van der Waals surface area contributed by atoms with Gasteiger partial charge in [-0.05, 0) is 30.0 Å². The van der Waals surface area contributed by atoms with Crippen LogP contribution in [0, 0.1) is 12.7 Å². The Morgan fingerprint density at radius 3 is 2.71 bits per heavy atom. The Bertz CT molecular complexity index is 473. The highest BCUT2D eigenvalue weighted by Crippen LogP contribution is 2.35. The van der Waals surface area contributed by atoms with Crippen LogP contribution in [0.3, 0.4) is 0 Å². The molecule has 0 amide bonds. The molecule has 1 aromatic carbocycles. The summed E-state index contributed by atoms with van der Waals surface area (Å²) in [4.78, 5) is 0. The van der Waals surface area contributed by atoms with E-state index < -0.39 is 17.8 Å². The van der Waals surface area contributed by atoms with Gasteiger partial charge in [-0.3, -0.25) is 0 Å². The van der Waals surface area contributed by atoms with Crippen molar-refractivity contribution < 1.29 is 13.2 Å². The average molecular weight is 216 g/mol. The fraction of sp³-hybridized carbons (Fsp3) is 0.200. The molecular weight excluding hydrogens is 209 g/mol. The Labute approximate surface area is 83.0 Å². The SMILES string of the molecule is Cc1cc(F)c(C(F)F)c2ccsc12. The predicted octanol–water partition coefficient (Wildman–Crippen LogP) is 4.29. The van der Waals surface area contributed by atoms with Crippen molar-refractivity contribution in [2.75, 3.05) is 0 Å². The monoisotopic (exact) mass is 216 g/mol. The third kappa shape index (κ3) is 1.30. The van der Waals surface area contributed by atoms with Gasteiger partial charge in [-0.25, -0.2) is 13.2 Å². The van der Waals surface area contributed by atoms with Crippen LogP contribution in [0.2, 0.25) is 0 Å². The van der Waals surface area contributed by atoms with Crippen molar-refractivity contribution in [3.63, 3.8) is 0 Å². The van der Waals surface area contributed by atoms with Crippen molar-refractivity contribution in [1.29, 1.82) is 0 Å². The Hall–Kier alpha value is -1.03. The number of halogens is 3. The van der Waals surface area contributed by atoms with E-state index >= 15 is 0 Å². The van der Waals surface area contributed by atoms with E-state index in [4.69, 9.17) is 0 Å². The molecule has 0 aliphatic carbocycles. The third-order valence-corrected chi connectivity index (χ3v) is 3.18. The van der Waals surface area contributed by atoms with Gasteiger partial charge >= 0.3 is 0 Å². The van der Waals surface area contributed by atoms with Crippen LogP contribution >= 0.6 is 11.3 Å². The molecule has 1 aromatic heterocycles. The summed E-state index contributed by atoms with van der Waals surface area (Å²) in [7, 11) is 0. The highest BCUT2D eigenvalue weighted by molar-refractivity contribution is 7.17. The molecule has 0 radical (unpaired) electrons. The zero-order valence-corrected chi connectivity index (χ0v) is 8.17. The van der Waals surface area contributed by atoms with Gasteiger partial charge < -0.3 is 0 Å². The highest BCUT2D eigenvalue weighted by Gasteiger charge is 2.18. The summed E-state index contributed by atoms with van der Waals surface area (Å²) in [5, 5.41) is 2.03. The minimum atomic E-state index is -2.76. The van der Waals surface area contributed by atoms with Gasteiger partial charge in [0.05, 0.1) is 5.56 Å². The van der Waals surface area contributed by atoms with Gasteiger partial charge in [-0.2, -0.15) is 0 Å². The molecule has 14 heavy (non-hydrogen) atoms. The van der Waals surface area contributed by atoms with E-state index in [0.29, 0.717) is 10.9 Å². The lowest BCUT2D eigenvalue weighted by atomic mass is 10.1. The van der Waals surface area contributed by atoms with Gasteiger partial charge in [0.1, 0.15) is 5.82 Å². The molecule has 1 heterocycles. The number of hydrogen-bond acceptors (Lipinski definition) is 1. The van der Waals surface area contributed by atoms with Crippen LogP contribution in [0.15, 0.2) is 17.5 Å². The summed E-state index contributed by atoms with van der Waals surface area (Å²) in [6.07, 6.45) is -2.76. The number of benzene rings is 1. The average Bonchev–Trinajstić information content (AvgIpc) is 2.51. The van der Waals surface area contributed by atoms with Crippen LogP contribution in [-0.2, 0) is 0 Å². The summed E-state index contributed by atoms with van der Waals surface area (Å²) >= 11 is 1.35. The number of rotatable bonds is 1. The third-order valence-electron chi connectivity index (χ3n) is 2.13. The lowest BCUT2D eigenvalue weighted by Crippen LogP contribution is -1.92. The van der Waals surface area contributed by atoms with Gasteiger partial charge in [0.2, 0.25) is 0 Å². The molecule has 0 nitrogen and oxygen atoms in total. The second kappa shape index (κ2) is 3.28. The molecule has 74 valence electrons. The van der Waals surface area contributed by atoms with Crippen LogP contribution in [0.4, 0.5) is 13.2 Å². The van der Waals surface area contributed by atoms with Gasteiger partial charge in [0, 0.05) is 10.1 Å². The quantitative estimate of drug-likeness (QED) is 0.667. The van der Waals surface area contributed by atoms with Crippen molar-refractivity contribution in [1.82, 2.24) is 0 Å². The standard InChI is InChI=1S/C10H7F3S/c1-5-4-7(11)8(10(12)13)6-2-3-14-9(5)6/h2-4,10H,1H3. The highest BCUT2D eigenvalue weighted by atomic mass is 32.1. The fourth-order valence-electron chi connectivity index (χ4n) is 1.51. The summed E-state index contributed by atoms with van der Waals surface area (Å²) in [6.45, 7) is 1.72. The fourth-order valence-corrected chi connectivity index (χ4v) is 2.40. The van der Waals surface area contributed by atoms with Crippen LogP contribution < -0.4 is 0 Å². The maximum atomic E-state index is 13.2. The first-order chi connectivity index (χ1) is 6.61. The van der Waals surface area contributed by atoms with Crippen molar-refractivity contribution in [3.8, 4) is 0 Å². The van der Waals surface area contributed by atoms with Crippen molar-refractivity contribution in [2.24, 2.45) is 0 Å². The number of thiophene rings is 1.